The SMILES string of the molecule is N#Cc1cc(-c2ccnc(Cc3cnc(CO)cn3)c2)ccc1OC1CCOCC1. The molecule has 0 unspecified atom stereocenters. The molecule has 0 radical (unpaired) electrons. The van der Waals surface area contributed by atoms with Gasteiger partial charge in [-0.15, -0.1) is 0 Å². The van der Waals surface area contributed by atoms with Crippen molar-refractivity contribution in [2.24, 2.45) is 0 Å². The van der Waals surface area contributed by atoms with E-state index in [1.54, 1.807) is 18.6 Å². The first-order chi connectivity index (χ1) is 14.7. The quantitative estimate of drug-likeness (QED) is 0.676. The number of ether oxygens (including phenoxy) is 2. The first-order valence-electron chi connectivity index (χ1n) is 9.89. The summed E-state index contributed by atoms with van der Waals surface area (Å²) in [6, 6.07) is 11.8. The maximum absolute atomic E-state index is 9.61. The molecule has 30 heavy (non-hydrogen) atoms. The van der Waals surface area contributed by atoms with Crippen molar-refractivity contribution in [3.8, 4) is 22.9 Å². The van der Waals surface area contributed by atoms with Crippen molar-refractivity contribution >= 4 is 0 Å². The van der Waals surface area contributed by atoms with Gasteiger partial charge in [0.1, 0.15) is 17.9 Å². The fourth-order valence-corrected chi connectivity index (χ4v) is 3.37. The molecule has 1 aliphatic rings. The zero-order valence-corrected chi connectivity index (χ0v) is 16.5. The molecule has 3 heterocycles. The Morgan fingerprint density at radius 3 is 2.50 bits per heavy atom. The van der Waals surface area contributed by atoms with Crippen LogP contribution in [0.25, 0.3) is 11.1 Å². The summed E-state index contributed by atoms with van der Waals surface area (Å²) in [5, 5.41) is 18.7. The summed E-state index contributed by atoms with van der Waals surface area (Å²) in [7, 11) is 0. The highest BCUT2D eigenvalue weighted by Gasteiger charge is 2.17. The predicted octanol–water partition coefficient (Wildman–Crippen LogP) is 3.05. The maximum atomic E-state index is 9.61. The van der Waals surface area contributed by atoms with Crippen LogP contribution in [0.1, 0.15) is 35.5 Å². The Balaban J connectivity index is 1.53. The maximum Gasteiger partial charge on any atom is 0.137 e. The predicted molar refractivity (Wildman–Crippen MR) is 110 cm³/mol. The molecule has 0 aliphatic carbocycles. The highest BCUT2D eigenvalue weighted by Crippen LogP contribution is 2.28. The van der Waals surface area contributed by atoms with Crippen LogP contribution in [-0.2, 0) is 17.8 Å². The lowest BCUT2D eigenvalue weighted by Gasteiger charge is -2.23. The molecule has 0 spiro atoms. The van der Waals surface area contributed by atoms with Crippen LogP contribution in [0, 0.1) is 11.3 Å². The van der Waals surface area contributed by atoms with Crippen LogP contribution >= 0.6 is 0 Å². The summed E-state index contributed by atoms with van der Waals surface area (Å²) in [5.74, 6) is 0.613. The zero-order chi connectivity index (χ0) is 20.8. The molecule has 4 rings (SSSR count). The van der Waals surface area contributed by atoms with Crippen LogP contribution in [0.4, 0.5) is 0 Å². The highest BCUT2D eigenvalue weighted by molar-refractivity contribution is 5.67. The standard InChI is InChI=1S/C23H22N4O3/c24-12-18-9-16(1-2-23(18)30-22-4-7-29-8-5-22)17-3-6-25-19(10-17)11-20-13-27-21(15-28)14-26-20/h1-3,6,9-10,13-14,22,28H,4-5,7-8,11,15H2. The fourth-order valence-electron chi connectivity index (χ4n) is 3.37. The van der Waals surface area contributed by atoms with Gasteiger partial charge in [-0.3, -0.25) is 15.0 Å². The molecule has 1 aliphatic heterocycles. The topological polar surface area (TPSA) is 101 Å². The molecular formula is C23H22N4O3. The van der Waals surface area contributed by atoms with E-state index in [4.69, 9.17) is 14.6 Å². The Bertz CT molecular complexity index is 1040. The van der Waals surface area contributed by atoms with Crippen LogP contribution in [0.3, 0.4) is 0 Å². The third-order valence-corrected chi connectivity index (χ3v) is 4.99. The summed E-state index contributed by atoms with van der Waals surface area (Å²) in [5.41, 5.74) is 4.56. The molecule has 1 fully saturated rings. The molecule has 0 amide bonds. The summed E-state index contributed by atoms with van der Waals surface area (Å²) in [4.78, 5) is 12.9. The lowest BCUT2D eigenvalue weighted by molar-refractivity contribution is 0.0254. The smallest absolute Gasteiger partial charge is 0.137 e. The number of pyridine rings is 1. The molecule has 1 N–H and O–H groups in total. The van der Waals surface area contributed by atoms with E-state index in [9.17, 15) is 5.26 Å². The number of aromatic nitrogens is 3. The molecule has 1 aromatic carbocycles. The Morgan fingerprint density at radius 2 is 1.77 bits per heavy atom. The number of aliphatic hydroxyl groups is 1. The molecular weight excluding hydrogens is 380 g/mol. The zero-order valence-electron chi connectivity index (χ0n) is 16.5. The van der Waals surface area contributed by atoms with E-state index in [0.717, 1.165) is 35.4 Å². The van der Waals surface area contributed by atoms with Gasteiger partial charge < -0.3 is 14.6 Å². The van der Waals surface area contributed by atoms with Gasteiger partial charge in [0, 0.05) is 37.4 Å². The van der Waals surface area contributed by atoms with Gasteiger partial charge in [-0.2, -0.15) is 5.26 Å². The number of rotatable bonds is 6. The molecule has 152 valence electrons. The Morgan fingerprint density at radius 1 is 1.00 bits per heavy atom. The fraction of sp³-hybridized carbons (Fsp3) is 0.304. The second-order valence-electron chi connectivity index (χ2n) is 7.12. The van der Waals surface area contributed by atoms with Crippen LogP contribution in [0.5, 0.6) is 5.75 Å². The molecule has 0 bridgehead atoms. The lowest BCUT2D eigenvalue weighted by atomic mass is 10.0. The monoisotopic (exact) mass is 402 g/mol. The van der Waals surface area contributed by atoms with E-state index in [1.807, 2.05) is 30.3 Å². The summed E-state index contributed by atoms with van der Waals surface area (Å²) >= 11 is 0. The number of nitriles is 1. The summed E-state index contributed by atoms with van der Waals surface area (Å²) in [6.07, 6.45) is 7.25. The second-order valence-corrected chi connectivity index (χ2v) is 7.12. The largest absolute Gasteiger partial charge is 0.489 e. The molecule has 1 saturated heterocycles. The molecule has 0 saturated carbocycles. The van der Waals surface area contributed by atoms with Crippen molar-refractivity contribution < 1.29 is 14.6 Å². The number of hydrogen-bond acceptors (Lipinski definition) is 7. The lowest BCUT2D eigenvalue weighted by Crippen LogP contribution is -2.26. The number of hydrogen-bond donors (Lipinski definition) is 1. The number of aliphatic hydroxyl groups excluding tert-OH is 1. The van der Waals surface area contributed by atoms with Crippen molar-refractivity contribution in [1.29, 1.82) is 5.26 Å². The molecule has 7 heteroatoms. The Hall–Kier alpha value is -3.34. The minimum atomic E-state index is -0.128. The van der Waals surface area contributed by atoms with Gasteiger partial charge in [0.15, 0.2) is 0 Å². The normalized spacial score (nSPS) is 14.3. The summed E-state index contributed by atoms with van der Waals surface area (Å²) < 4.78 is 11.4. The van der Waals surface area contributed by atoms with E-state index in [0.29, 0.717) is 36.6 Å². The van der Waals surface area contributed by atoms with Crippen LogP contribution in [0.15, 0.2) is 48.9 Å². The first-order valence-corrected chi connectivity index (χ1v) is 9.89. The van der Waals surface area contributed by atoms with Crippen molar-refractivity contribution in [2.75, 3.05) is 13.2 Å². The third kappa shape index (κ3) is 4.79. The van der Waals surface area contributed by atoms with Gasteiger partial charge in [0.2, 0.25) is 0 Å². The molecule has 7 nitrogen and oxygen atoms in total. The minimum absolute atomic E-state index is 0.0857. The van der Waals surface area contributed by atoms with Gasteiger partial charge in [-0.05, 0) is 35.4 Å². The second kappa shape index (κ2) is 9.44. The number of benzene rings is 1. The highest BCUT2D eigenvalue weighted by atomic mass is 16.5. The van der Waals surface area contributed by atoms with Crippen molar-refractivity contribution in [2.45, 2.75) is 32.0 Å². The van der Waals surface area contributed by atoms with Crippen molar-refractivity contribution in [1.82, 2.24) is 15.0 Å². The van der Waals surface area contributed by atoms with Crippen LogP contribution in [0.2, 0.25) is 0 Å². The van der Waals surface area contributed by atoms with Gasteiger partial charge in [-0.25, -0.2) is 0 Å². The number of nitrogens with zero attached hydrogens (tertiary/aromatic N) is 4. The van der Waals surface area contributed by atoms with Gasteiger partial charge in [-0.1, -0.05) is 6.07 Å². The minimum Gasteiger partial charge on any atom is -0.489 e. The van der Waals surface area contributed by atoms with Crippen molar-refractivity contribution in [3.05, 3.63) is 71.6 Å². The summed E-state index contributed by atoms with van der Waals surface area (Å²) in [6.45, 7) is 1.26. The average molecular weight is 402 g/mol. The van der Waals surface area contributed by atoms with E-state index in [-0.39, 0.29) is 12.7 Å². The van der Waals surface area contributed by atoms with E-state index in [1.165, 1.54) is 0 Å². The molecule has 3 aromatic rings. The van der Waals surface area contributed by atoms with Crippen LogP contribution in [-0.4, -0.2) is 39.4 Å². The van der Waals surface area contributed by atoms with Crippen LogP contribution < -0.4 is 4.74 Å². The van der Waals surface area contributed by atoms with E-state index >= 15 is 0 Å². The first kappa shape index (κ1) is 20.0. The Labute approximate surface area is 175 Å². The van der Waals surface area contributed by atoms with Gasteiger partial charge >= 0.3 is 0 Å². The molecule has 0 atom stereocenters. The van der Waals surface area contributed by atoms with Crippen molar-refractivity contribution in [3.63, 3.8) is 0 Å². The Kier molecular flexibility index (Phi) is 6.28. The van der Waals surface area contributed by atoms with E-state index < -0.39 is 0 Å². The van der Waals surface area contributed by atoms with Gasteiger partial charge in [0.25, 0.3) is 0 Å². The average Bonchev–Trinajstić information content (AvgIpc) is 2.81. The molecule has 2 aromatic heterocycles. The van der Waals surface area contributed by atoms with E-state index in [2.05, 4.69) is 21.0 Å². The van der Waals surface area contributed by atoms with Gasteiger partial charge in [0.05, 0.1) is 43.0 Å². The third-order valence-electron chi connectivity index (χ3n) is 4.99.